The Bertz CT molecular complexity index is 1070. The van der Waals surface area contributed by atoms with E-state index in [1.165, 1.54) is 18.1 Å². The van der Waals surface area contributed by atoms with Crippen molar-refractivity contribution < 1.29 is 14.2 Å². The van der Waals surface area contributed by atoms with Crippen LogP contribution in [0, 0.1) is 12.7 Å². The predicted octanol–water partition coefficient (Wildman–Crippen LogP) is 1.61. The number of fused-ring (bicyclic) bond motifs is 2. The van der Waals surface area contributed by atoms with Gasteiger partial charge in [0.25, 0.3) is 0 Å². The first kappa shape index (κ1) is 18.5. The van der Waals surface area contributed by atoms with Crippen molar-refractivity contribution in [3.8, 4) is 5.75 Å². The van der Waals surface area contributed by atoms with Crippen molar-refractivity contribution in [2.75, 3.05) is 6.54 Å². The van der Waals surface area contributed by atoms with E-state index in [0.717, 1.165) is 30.8 Å². The molecule has 0 amide bonds. The van der Waals surface area contributed by atoms with Crippen molar-refractivity contribution >= 4 is 11.0 Å². The number of nitrogens with one attached hydrogen (secondary N) is 1. The largest absolute Gasteiger partial charge is 0.488 e. The van der Waals surface area contributed by atoms with E-state index < -0.39 is 24.0 Å². The van der Waals surface area contributed by atoms with Crippen LogP contribution in [-0.4, -0.2) is 44.4 Å². The third-order valence-corrected chi connectivity index (χ3v) is 6.18. The first-order chi connectivity index (χ1) is 14.0. The van der Waals surface area contributed by atoms with E-state index >= 15 is 0 Å². The second-order valence-corrected chi connectivity index (χ2v) is 7.89. The van der Waals surface area contributed by atoms with Crippen molar-refractivity contribution in [2.24, 2.45) is 5.73 Å². The van der Waals surface area contributed by atoms with Crippen molar-refractivity contribution in [3.63, 3.8) is 0 Å². The Hall–Kier alpha value is -2.55. The first-order valence-electron chi connectivity index (χ1n) is 9.94. The van der Waals surface area contributed by atoms with E-state index in [9.17, 15) is 9.50 Å². The van der Waals surface area contributed by atoms with Gasteiger partial charge < -0.3 is 25.5 Å². The summed E-state index contributed by atoms with van der Waals surface area (Å²) < 4.78 is 22.5. The Kier molecular flexibility index (Phi) is 4.49. The highest BCUT2D eigenvalue weighted by Crippen LogP contribution is 2.37. The molecule has 152 valence electrons. The molecular weight excluding hydrogens is 373 g/mol. The van der Waals surface area contributed by atoms with E-state index in [4.69, 9.17) is 10.5 Å². The van der Waals surface area contributed by atoms with Gasteiger partial charge in [0, 0.05) is 24.7 Å². The van der Waals surface area contributed by atoms with Crippen LogP contribution in [0.3, 0.4) is 0 Å². The minimum absolute atomic E-state index is 0.376. The van der Waals surface area contributed by atoms with Crippen LogP contribution in [0.1, 0.15) is 29.3 Å². The zero-order chi connectivity index (χ0) is 20.1. The summed E-state index contributed by atoms with van der Waals surface area (Å²) in [4.78, 5) is 8.32. The van der Waals surface area contributed by atoms with Crippen LogP contribution in [0.25, 0.3) is 11.0 Å². The normalized spacial score (nSPS) is 26.6. The fourth-order valence-electron chi connectivity index (χ4n) is 4.61. The zero-order valence-electron chi connectivity index (χ0n) is 16.2. The molecule has 0 unspecified atom stereocenters. The van der Waals surface area contributed by atoms with Gasteiger partial charge in [-0.25, -0.2) is 14.4 Å². The highest BCUT2D eigenvalue weighted by molar-refractivity contribution is 5.79. The molecule has 0 saturated heterocycles. The minimum atomic E-state index is -0.872. The lowest BCUT2D eigenvalue weighted by Gasteiger charge is -2.24. The average molecular weight is 397 g/mol. The third kappa shape index (κ3) is 2.99. The van der Waals surface area contributed by atoms with Gasteiger partial charge in [-0.15, -0.1) is 0 Å². The van der Waals surface area contributed by atoms with Gasteiger partial charge in [-0.3, -0.25) is 0 Å². The van der Waals surface area contributed by atoms with E-state index in [-0.39, 0.29) is 6.10 Å². The lowest BCUT2D eigenvalue weighted by atomic mass is 10.00. The Morgan fingerprint density at radius 2 is 2.21 bits per heavy atom. The summed E-state index contributed by atoms with van der Waals surface area (Å²) in [5.74, 6) is 0.399. The quantitative estimate of drug-likeness (QED) is 0.621. The van der Waals surface area contributed by atoms with Gasteiger partial charge in [-0.2, -0.15) is 0 Å². The molecule has 1 aromatic carbocycles. The summed E-state index contributed by atoms with van der Waals surface area (Å²) in [6.45, 7) is 3.45. The van der Waals surface area contributed by atoms with Gasteiger partial charge in [0.1, 0.15) is 23.8 Å². The monoisotopic (exact) mass is 397 g/mol. The number of halogens is 1. The molecule has 3 heterocycles. The summed E-state index contributed by atoms with van der Waals surface area (Å²) in [7, 11) is 0. The molecule has 4 atom stereocenters. The van der Waals surface area contributed by atoms with Crippen molar-refractivity contribution in [1.29, 1.82) is 0 Å². The first-order valence-corrected chi connectivity index (χ1v) is 9.94. The smallest absolute Gasteiger partial charge is 0.152 e. The molecule has 7 nitrogen and oxygen atoms in total. The molecule has 8 heteroatoms. The number of ether oxygens (including phenoxy) is 1. The molecule has 29 heavy (non-hydrogen) atoms. The molecule has 1 fully saturated rings. The minimum Gasteiger partial charge on any atom is -0.488 e. The number of rotatable bonds is 3. The molecule has 2 aliphatic rings. The maximum absolute atomic E-state index is 14.5. The van der Waals surface area contributed by atoms with Crippen LogP contribution in [0.2, 0.25) is 0 Å². The van der Waals surface area contributed by atoms with Gasteiger partial charge in [0.2, 0.25) is 0 Å². The Labute approximate surface area is 167 Å². The summed E-state index contributed by atoms with van der Waals surface area (Å²) in [5, 5.41) is 14.6. The SMILES string of the molecule is Cc1ncnc2c1c(F)cn2[C@@H]1C[C@H](Oc2cccc3c2CNCC3)[C@@H](N)[C@H]1O. The standard InChI is InChI=1S/C21H24FN5O2/c1-11-18-14(22)9-27(21(18)26-10-25-11)15-7-17(19(23)20(15)28)29-16-4-2-3-12-5-6-24-8-13(12)16/h2-4,9-10,15,17,19-20,24,28H,5-8,23H2,1H3/t15-,17+,19-,20+/m1/s1. The zero-order valence-corrected chi connectivity index (χ0v) is 16.2. The van der Waals surface area contributed by atoms with Gasteiger partial charge in [0.15, 0.2) is 5.82 Å². The van der Waals surface area contributed by atoms with Crippen molar-refractivity contribution in [3.05, 3.63) is 53.4 Å². The number of aromatic nitrogens is 3. The van der Waals surface area contributed by atoms with E-state index in [0.29, 0.717) is 23.1 Å². The Morgan fingerprint density at radius 1 is 1.34 bits per heavy atom. The van der Waals surface area contributed by atoms with Crippen LogP contribution in [0.4, 0.5) is 4.39 Å². The average Bonchev–Trinajstić information content (AvgIpc) is 3.20. The predicted molar refractivity (Wildman–Crippen MR) is 106 cm³/mol. The molecule has 0 spiro atoms. The van der Waals surface area contributed by atoms with E-state index in [1.807, 2.05) is 12.1 Å². The number of benzene rings is 1. The van der Waals surface area contributed by atoms with Crippen LogP contribution in [0.5, 0.6) is 5.75 Å². The second-order valence-electron chi connectivity index (χ2n) is 7.89. The number of nitrogens with zero attached hydrogens (tertiary/aromatic N) is 3. The van der Waals surface area contributed by atoms with Crippen molar-refractivity contribution in [2.45, 2.75) is 50.6 Å². The fraction of sp³-hybridized carbons (Fsp3) is 0.429. The number of hydrogen-bond donors (Lipinski definition) is 3. The summed E-state index contributed by atoms with van der Waals surface area (Å²) in [6.07, 6.45) is 2.96. The van der Waals surface area contributed by atoms with Crippen molar-refractivity contribution in [1.82, 2.24) is 19.9 Å². The summed E-state index contributed by atoms with van der Waals surface area (Å²) in [5.41, 5.74) is 9.78. The summed E-state index contributed by atoms with van der Waals surface area (Å²) in [6, 6.07) is 5.04. The highest BCUT2D eigenvalue weighted by atomic mass is 19.1. The molecule has 3 aromatic rings. The van der Waals surface area contributed by atoms with Crippen LogP contribution in [-0.2, 0) is 13.0 Å². The number of nitrogens with two attached hydrogens (primary N) is 1. The maximum Gasteiger partial charge on any atom is 0.152 e. The lowest BCUT2D eigenvalue weighted by molar-refractivity contribution is 0.105. The van der Waals surface area contributed by atoms with Crippen LogP contribution < -0.4 is 15.8 Å². The third-order valence-electron chi connectivity index (χ3n) is 6.18. The van der Waals surface area contributed by atoms with Gasteiger partial charge >= 0.3 is 0 Å². The molecule has 0 radical (unpaired) electrons. The number of aryl methyl sites for hydroxylation is 1. The number of aliphatic hydroxyl groups excluding tert-OH is 1. The molecule has 5 rings (SSSR count). The topological polar surface area (TPSA) is 98.2 Å². The Balaban J connectivity index is 1.46. The van der Waals surface area contributed by atoms with Crippen LogP contribution in [0.15, 0.2) is 30.7 Å². The van der Waals surface area contributed by atoms with Gasteiger partial charge in [-0.1, -0.05) is 12.1 Å². The van der Waals surface area contributed by atoms with Crippen LogP contribution >= 0.6 is 0 Å². The summed E-state index contributed by atoms with van der Waals surface area (Å²) >= 11 is 0. The molecule has 2 aromatic heterocycles. The molecule has 1 saturated carbocycles. The van der Waals surface area contributed by atoms with Gasteiger partial charge in [0.05, 0.1) is 29.3 Å². The molecule has 1 aliphatic carbocycles. The maximum atomic E-state index is 14.5. The molecule has 4 N–H and O–H groups in total. The Morgan fingerprint density at radius 3 is 3.07 bits per heavy atom. The number of hydrogen-bond acceptors (Lipinski definition) is 6. The number of aliphatic hydroxyl groups is 1. The molecular formula is C21H24FN5O2. The van der Waals surface area contributed by atoms with E-state index in [2.05, 4.69) is 21.4 Å². The molecule has 1 aliphatic heterocycles. The lowest BCUT2D eigenvalue weighted by Crippen LogP contribution is -2.42. The highest BCUT2D eigenvalue weighted by Gasteiger charge is 2.44. The van der Waals surface area contributed by atoms with E-state index in [1.54, 1.807) is 11.5 Å². The second kappa shape index (κ2) is 7.05. The molecule has 0 bridgehead atoms. The fourth-order valence-corrected chi connectivity index (χ4v) is 4.61. The van der Waals surface area contributed by atoms with Gasteiger partial charge in [-0.05, 0) is 31.5 Å².